The van der Waals surface area contributed by atoms with Gasteiger partial charge in [0.1, 0.15) is 17.5 Å². The Morgan fingerprint density at radius 1 is 1.05 bits per heavy atom. The molecule has 2 rings (SSSR count). The lowest BCUT2D eigenvalue weighted by atomic mass is 10.0. The van der Waals surface area contributed by atoms with Crippen LogP contribution in [-0.4, -0.2) is 5.11 Å². The highest BCUT2D eigenvalue weighted by molar-refractivity contribution is 5.26. The van der Waals surface area contributed by atoms with E-state index in [-0.39, 0.29) is 18.2 Å². The van der Waals surface area contributed by atoms with Gasteiger partial charge in [0.15, 0.2) is 0 Å². The maximum absolute atomic E-state index is 13.8. The smallest absolute Gasteiger partial charge is 0.130 e. The first-order chi connectivity index (χ1) is 10.5. The summed E-state index contributed by atoms with van der Waals surface area (Å²) in [7, 11) is 0. The van der Waals surface area contributed by atoms with Crippen molar-refractivity contribution in [3.05, 3.63) is 70.5 Å². The van der Waals surface area contributed by atoms with Crippen molar-refractivity contribution in [3.8, 4) is 0 Å². The van der Waals surface area contributed by atoms with Gasteiger partial charge in [0.2, 0.25) is 0 Å². The van der Waals surface area contributed by atoms with Gasteiger partial charge in [0.05, 0.1) is 6.61 Å². The van der Waals surface area contributed by atoms with Crippen molar-refractivity contribution in [1.82, 2.24) is 5.32 Å². The monoisotopic (exact) mass is 309 g/mol. The first-order valence-corrected chi connectivity index (χ1v) is 7.11. The molecule has 0 aromatic heterocycles. The Hall–Kier alpha value is -1.85. The lowest BCUT2D eigenvalue weighted by Gasteiger charge is -2.18. The van der Waals surface area contributed by atoms with E-state index in [4.69, 9.17) is 5.11 Å². The molecule has 0 bridgehead atoms. The Labute approximate surface area is 127 Å². The molecular weight excluding hydrogens is 291 g/mol. The SMILES string of the molecule is CCC(NCc1ccc(F)c(CO)c1)c1ccc(F)cc1F. The molecule has 2 aromatic carbocycles. The summed E-state index contributed by atoms with van der Waals surface area (Å²) < 4.78 is 40.1. The van der Waals surface area contributed by atoms with Crippen LogP contribution in [0.2, 0.25) is 0 Å². The quantitative estimate of drug-likeness (QED) is 0.850. The second-order valence-electron chi connectivity index (χ2n) is 5.09. The molecule has 5 heteroatoms. The van der Waals surface area contributed by atoms with Crippen molar-refractivity contribution >= 4 is 0 Å². The second-order valence-corrected chi connectivity index (χ2v) is 5.09. The van der Waals surface area contributed by atoms with E-state index in [1.54, 1.807) is 12.1 Å². The number of nitrogens with one attached hydrogen (secondary N) is 1. The van der Waals surface area contributed by atoms with E-state index in [0.29, 0.717) is 18.5 Å². The molecule has 1 unspecified atom stereocenters. The first kappa shape index (κ1) is 16.5. The van der Waals surface area contributed by atoms with Gasteiger partial charge in [-0.1, -0.05) is 19.1 Å². The second kappa shape index (κ2) is 7.42. The fourth-order valence-corrected chi connectivity index (χ4v) is 2.36. The van der Waals surface area contributed by atoms with Gasteiger partial charge in [-0.3, -0.25) is 0 Å². The highest BCUT2D eigenvalue weighted by Crippen LogP contribution is 2.21. The number of halogens is 3. The van der Waals surface area contributed by atoms with Crippen LogP contribution in [0.15, 0.2) is 36.4 Å². The molecule has 0 spiro atoms. The summed E-state index contributed by atoms with van der Waals surface area (Å²) in [5.74, 6) is -1.65. The third kappa shape index (κ3) is 3.87. The molecule has 0 aliphatic rings. The molecule has 2 aromatic rings. The molecule has 0 heterocycles. The van der Waals surface area contributed by atoms with Gasteiger partial charge in [-0.2, -0.15) is 0 Å². The molecule has 0 aliphatic carbocycles. The van der Waals surface area contributed by atoms with E-state index in [1.807, 2.05) is 6.92 Å². The first-order valence-electron chi connectivity index (χ1n) is 7.11. The fourth-order valence-electron chi connectivity index (χ4n) is 2.36. The molecule has 1 atom stereocenters. The average molecular weight is 309 g/mol. The standard InChI is InChI=1S/C17H18F3NO/c1-2-17(14-5-4-13(18)8-16(14)20)21-9-11-3-6-15(19)12(7-11)10-22/h3-8,17,21-22H,2,9-10H2,1H3. The minimum Gasteiger partial charge on any atom is -0.392 e. The molecule has 0 fully saturated rings. The normalized spacial score (nSPS) is 12.4. The molecule has 2 N–H and O–H groups in total. The largest absolute Gasteiger partial charge is 0.392 e. The number of hydrogen-bond acceptors (Lipinski definition) is 2. The van der Waals surface area contributed by atoms with E-state index in [2.05, 4.69) is 5.32 Å². The predicted molar refractivity (Wildman–Crippen MR) is 78.6 cm³/mol. The maximum atomic E-state index is 13.8. The van der Waals surface area contributed by atoms with Crippen LogP contribution in [0.4, 0.5) is 13.2 Å². The molecule has 22 heavy (non-hydrogen) atoms. The van der Waals surface area contributed by atoms with E-state index in [9.17, 15) is 13.2 Å². The van der Waals surface area contributed by atoms with Crippen LogP contribution in [0.5, 0.6) is 0 Å². The lowest BCUT2D eigenvalue weighted by Crippen LogP contribution is -2.21. The molecule has 2 nitrogen and oxygen atoms in total. The molecule has 0 aliphatic heterocycles. The van der Waals surface area contributed by atoms with Crippen LogP contribution in [0.25, 0.3) is 0 Å². The van der Waals surface area contributed by atoms with Crippen molar-refractivity contribution in [2.45, 2.75) is 32.5 Å². The van der Waals surface area contributed by atoms with Gasteiger partial charge in [-0.25, -0.2) is 13.2 Å². The zero-order chi connectivity index (χ0) is 16.1. The van der Waals surface area contributed by atoms with Gasteiger partial charge >= 0.3 is 0 Å². The topological polar surface area (TPSA) is 32.3 Å². The summed E-state index contributed by atoms with van der Waals surface area (Å²) in [6.45, 7) is 1.91. The number of rotatable bonds is 6. The van der Waals surface area contributed by atoms with Crippen molar-refractivity contribution in [2.75, 3.05) is 0 Å². The lowest BCUT2D eigenvalue weighted by molar-refractivity contribution is 0.275. The van der Waals surface area contributed by atoms with Crippen LogP contribution in [0.3, 0.4) is 0 Å². The highest BCUT2D eigenvalue weighted by Gasteiger charge is 2.14. The Bertz CT molecular complexity index is 646. The maximum Gasteiger partial charge on any atom is 0.130 e. The number of hydrogen-bond donors (Lipinski definition) is 2. The highest BCUT2D eigenvalue weighted by atomic mass is 19.1. The molecule has 0 saturated carbocycles. The number of aliphatic hydroxyl groups excluding tert-OH is 1. The van der Waals surface area contributed by atoms with Crippen molar-refractivity contribution in [1.29, 1.82) is 0 Å². The molecule has 0 saturated heterocycles. The van der Waals surface area contributed by atoms with Gasteiger partial charge in [-0.05, 0) is 30.2 Å². The summed E-state index contributed by atoms with van der Waals surface area (Å²) in [6.07, 6.45) is 0.622. The summed E-state index contributed by atoms with van der Waals surface area (Å²) in [6, 6.07) is 7.71. The minimum atomic E-state index is -0.609. The summed E-state index contributed by atoms with van der Waals surface area (Å²) in [5.41, 5.74) is 1.40. The van der Waals surface area contributed by atoms with E-state index < -0.39 is 17.5 Å². The van der Waals surface area contributed by atoms with Crippen molar-refractivity contribution in [2.24, 2.45) is 0 Å². The van der Waals surface area contributed by atoms with E-state index in [1.165, 1.54) is 18.2 Å². The van der Waals surface area contributed by atoms with Crippen molar-refractivity contribution < 1.29 is 18.3 Å². The third-order valence-electron chi connectivity index (χ3n) is 3.58. The van der Waals surface area contributed by atoms with Crippen molar-refractivity contribution in [3.63, 3.8) is 0 Å². The molecule has 118 valence electrons. The number of aliphatic hydroxyl groups is 1. The van der Waals surface area contributed by atoms with Crippen LogP contribution in [0.1, 0.15) is 36.1 Å². The molecular formula is C17H18F3NO. The van der Waals surface area contributed by atoms with Gasteiger partial charge in [-0.15, -0.1) is 0 Å². The van der Waals surface area contributed by atoms with E-state index >= 15 is 0 Å². The molecule has 0 amide bonds. The van der Waals surface area contributed by atoms with Gasteiger partial charge in [0.25, 0.3) is 0 Å². The van der Waals surface area contributed by atoms with Gasteiger partial charge in [0, 0.05) is 29.8 Å². The zero-order valence-corrected chi connectivity index (χ0v) is 12.2. The Morgan fingerprint density at radius 2 is 1.82 bits per heavy atom. The minimum absolute atomic E-state index is 0.223. The van der Waals surface area contributed by atoms with Crippen LogP contribution in [-0.2, 0) is 13.2 Å². The fraction of sp³-hybridized carbons (Fsp3) is 0.294. The summed E-state index contributed by atoms with van der Waals surface area (Å²) in [5, 5.41) is 12.2. The third-order valence-corrected chi connectivity index (χ3v) is 3.58. The Morgan fingerprint density at radius 3 is 2.45 bits per heavy atom. The van der Waals surface area contributed by atoms with Crippen LogP contribution >= 0.6 is 0 Å². The summed E-state index contributed by atoms with van der Waals surface area (Å²) >= 11 is 0. The number of benzene rings is 2. The van der Waals surface area contributed by atoms with Crippen LogP contribution < -0.4 is 5.32 Å². The average Bonchev–Trinajstić information content (AvgIpc) is 2.51. The Balaban J connectivity index is 2.11. The van der Waals surface area contributed by atoms with Crippen LogP contribution in [0, 0.1) is 17.5 Å². The van der Waals surface area contributed by atoms with Gasteiger partial charge < -0.3 is 10.4 Å². The van der Waals surface area contributed by atoms with E-state index in [0.717, 1.165) is 11.6 Å². The summed E-state index contributed by atoms with van der Waals surface area (Å²) in [4.78, 5) is 0. The zero-order valence-electron chi connectivity index (χ0n) is 12.2. The Kier molecular flexibility index (Phi) is 5.57. The molecule has 0 radical (unpaired) electrons. The predicted octanol–water partition coefficient (Wildman–Crippen LogP) is 3.84.